The lowest BCUT2D eigenvalue weighted by molar-refractivity contribution is 0.179. The van der Waals surface area contributed by atoms with E-state index >= 15 is 0 Å². The van der Waals surface area contributed by atoms with Crippen LogP contribution in [-0.4, -0.2) is 42.2 Å². The summed E-state index contributed by atoms with van der Waals surface area (Å²) in [5.41, 5.74) is 4.14. The second-order valence-electron chi connectivity index (χ2n) is 9.94. The number of aromatic nitrogens is 6. The molecule has 1 atom stereocenters. The molecule has 0 radical (unpaired) electrons. The summed E-state index contributed by atoms with van der Waals surface area (Å²) >= 11 is 0. The maximum absolute atomic E-state index is 13.8. The molecule has 1 unspecified atom stereocenters. The Morgan fingerprint density at radius 1 is 1.02 bits per heavy atom. The van der Waals surface area contributed by atoms with Gasteiger partial charge in [0, 0.05) is 30.0 Å². The number of ether oxygens (including phenoxy) is 1. The molecule has 0 aliphatic rings. The van der Waals surface area contributed by atoms with Crippen molar-refractivity contribution < 1.29 is 9.15 Å². The molecule has 4 aromatic heterocycles. The molecule has 0 saturated heterocycles. The molecular formula is C31H29N7O3. The molecule has 1 N–H and O–H groups in total. The van der Waals surface area contributed by atoms with Crippen LogP contribution in [0.1, 0.15) is 39.9 Å². The minimum absolute atomic E-state index is 0.206. The number of rotatable bonds is 10. The maximum Gasteiger partial charge on any atom is 0.253 e. The van der Waals surface area contributed by atoms with Gasteiger partial charge in [-0.05, 0) is 81.9 Å². The van der Waals surface area contributed by atoms with E-state index in [0.29, 0.717) is 31.0 Å². The van der Waals surface area contributed by atoms with Gasteiger partial charge in [0.25, 0.3) is 5.56 Å². The third kappa shape index (κ3) is 5.78. The Morgan fingerprint density at radius 3 is 2.66 bits per heavy atom. The van der Waals surface area contributed by atoms with Gasteiger partial charge in [-0.1, -0.05) is 30.3 Å². The zero-order chi connectivity index (χ0) is 28.2. The summed E-state index contributed by atoms with van der Waals surface area (Å²) in [5.74, 6) is 2.05. The summed E-state index contributed by atoms with van der Waals surface area (Å²) in [5, 5.41) is 13.8. The molecule has 41 heavy (non-hydrogen) atoms. The first-order valence-corrected chi connectivity index (χ1v) is 13.3. The molecule has 6 rings (SSSR count). The molecule has 4 heterocycles. The lowest BCUT2D eigenvalue weighted by atomic mass is 10.0. The topological polar surface area (TPSA) is 115 Å². The molecule has 0 aliphatic carbocycles. The van der Waals surface area contributed by atoms with E-state index < -0.39 is 6.04 Å². The van der Waals surface area contributed by atoms with Gasteiger partial charge in [0.05, 0.1) is 26.5 Å². The number of methoxy groups -OCH3 is 1. The van der Waals surface area contributed by atoms with Crippen LogP contribution in [0.15, 0.2) is 101 Å². The Bertz CT molecular complexity index is 1800. The van der Waals surface area contributed by atoms with Gasteiger partial charge in [-0.2, -0.15) is 0 Å². The first-order valence-electron chi connectivity index (χ1n) is 13.3. The van der Waals surface area contributed by atoms with Gasteiger partial charge in [-0.3, -0.25) is 14.7 Å². The van der Waals surface area contributed by atoms with Crippen molar-refractivity contribution in [2.45, 2.75) is 32.6 Å². The van der Waals surface area contributed by atoms with Crippen molar-refractivity contribution >= 4 is 10.9 Å². The van der Waals surface area contributed by atoms with Crippen molar-refractivity contribution in [2.75, 3.05) is 7.11 Å². The number of aromatic amines is 1. The highest BCUT2D eigenvalue weighted by Gasteiger charge is 2.31. The fourth-order valence-corrected chi connectivity index (χ4v) is 5.03. The minimum Gasteiger partial charge on any atom is -0.497 e. The number of nitrogens with zero attached hydrogens (tertiary/aromatic N) is 6. The standard InChI is InChI=1S/C31H29N7O3/c1-21-7-10-24-16-27(31(39)33-28(24)15-21)29(30-34-35-36-38(30)19-22-8-11-25(40-2)12-9-22)37(20-26-6-4-14-41-26)18-23-5-3-13-32-17-23/h3-17,29H,18-20H2,1-2H3,(H,33,39). The number of fused-ring (bicyclic) bond motifs is 1. The highest BCUT2D eigenvalue weighted by Crippen LogP contribution is 2.30. The van der Waals surface area contributed by atoms with Crippen LogP contribution in [0.3, 0.4) is 0 Å². The Kier molecular flexibility index (Phi) is 7.38. The van der Waals surface area contributed by atoms with Crippen LogP contribution in [0.25, 0.3) is 10.9 Å². The monoisotopic (exact) mass is 547 g/mol. The van der Waals surface area contributed by atoms with Crippen LogP contribution in [0.5, 0.6) is 5.75 Å². The largest absolute Gasteiger partial charge is 0.497 e. The summed E-state index contributed by atoms with van der Waals surface area (Å²) in [6, 6.07) is 22.8. The van der Waals surface area contributed by atoms with E-state index in [4.69, 9.17) is 9.15 Å². The highest BCUT2D eigenvalue weighted by atomic mass is 16.5. The van der Waals surface area contributed by atoms with E-state index in [-0.39, 0.29) is 5.56 Å². The van der Waals surface area contributed by atoms with Crippen molar-refractivity contribution in [3.05, 3.63) is 136 Å². The number of aryl methyl sites for hydroxylation is 1. The Labute approximate surface area is 236 Å². The van der Waals surface area contributed by atoms with E-state index in [1.807, 2.05) is 85.9 Å². The molecule has 2 aromatic carbocycles. The zero-order valence-corrected chi connectivity index (χ0v) is 22.8. The van der Waals surface area contributed by atoms with Gasteiger partial charge in [-0.15, -0.1) is 5.10 Å². The summed E-state index contributed by atoms with van der Waals surface area (Å²) in [7, 11) is 1.64. The first kappa shape index (κ1) is 26.1. The Morgan fingerprint density at radius 2 is 1.90 bits per heavy atom. The SMILES string of the molecule is COc1ccc(Cn2nnnc2C(c2cc3ccc(C)cc3[nH]c2=O)N(Cc2cccnc2)Cc2ccco2)cc1. The third-order valence-electron chi connectivity index (χ3n) is 7.03. The molecule has 0 aliphatic heterocycles. The fraction of sp³-hybridized carbons (Fsp3) is 0.194. The lowest BCUT2D eigenvalue weighted by Gasteiger charge is -2.30. The van der Waals surface area contributed by atoms with Gasteiger partial charge in [0.15, 0.2) is 5.82 Å². The van der Waals surface area contributed by atoms with Gasteiger partial charge in [0.1, 0.15) is 17.6 Å². The van der Waals surface area contributed by atoms with Crippen molar-refractivity contribution in [3.8, 4) is 5.75 Å². The summed E-state index contributed by atoms with van der Waals surface area (Å²) in [4.78, 5) is 23.3. The van der Waals surface area contributed by atoms with Crippen LogP contribution >= 0.6 is 0 Å². The third-order valence-corrected chi connectivity index (χ3v) is 7.03. The lowest BCUT2D eigenvalue weighted by Crippen LogP contribution is -2.35. The number of tetrazole rings is 1. The van der Waals surface area contributed by atoms with Gasteiger partial charge in [-0.25, -0.2) is 4.68 Å². The highest BCUT2D eigenvalue weighted by molar-refractivity contribution is 5.79. The molecule has 0 saturated carbocycles. The summed E-state index contributed by atoms with van der Waals surface area (Å²) in [6.07, 6.45) is 5.20. The molecule has 0 bridgehead atoms. The zero-order valence-electron chi connectivity index (χ0n) is 22.8. The number of H-pyrrole nitrogens is 1. The maximum atomic E-state index is 13.8. The van der Waals surface area contributed by atoms with Crippen LogP contribution in [-0.2, 0) is 19.6 Å². The van der Waals surface area contributed by atoms with Crippen LogP contribution in [0.4, 0.5) is 0 Å². The van der Waals surface area contributed by atoms with E-state index in [1.54, 1.807) is 24.3 Å². The van der Waals surface area contributed by atoms with E-state index in [1.165, 1.54) is 0 Å². The van der Waals surface area contributed by atoms with Crippen LogP contribution in [0.2, 0.25) is 0 Å². The number of hydrogen-bond donors (Lipinski definition) is 1. The van der Waals surface area contributed by atoms with Gasteiger partial charge < -0.3 is 14.1 Å². The second kappa shape index (κ2) is 11.6. The molecule has 10 nitrogen and oxygen atoms in total. The fourth-order valence-electron chi connectivity index (χ4n) is 5.03. The number of furan rings is 1. The van der Waals surface area contributed by atoms with Gasteiger partial charge >= 0.3 is 0 Å². The number of hydrogen-bond acceptors (Lipinski definition) is 8. The van der Waals surface area contributed by atoms with E-state index in [0.717, 1.165) is 39.1 Å². The average molecular weight is 548 g/mol. The van der Waals surface area contributed by atoms with Crippen molar-refractivity contribution in [1.82, 2.24) is 35.1 Å². The molecular weight excluding hydrogens is 518 g/mol. The second-order valence-corrected chi connectivity index (χ2v) is 9.94. The quantitative estimate of drug-likeness (QED) is 0.263. The molecule has 0 amide bonds. The predicted octanol–water partition coefficient (Wildman–Crippen LogP) is 4.66. The molecule has 10 heteroatoms. The van der Waals surface area contributed by atoms with Crippen molar-refractivity contribution in [3.63, 3.8) is 0 Å². The van der Waals surface area contributed by atoms with Crippen molar-refractivity contribution in [1.29, 1.82) is 0 Å². The van der Waals surface area contributed by atoms with E-state index in [2.05, 4.69) is 30.4 Å². The van der Waals surface area contributed by atoms with E-state index in [9.17, 15) is 4.79 Å². The number of nitrogens with one attached hydrogen (secondary N) is 1. The van der Waals surface area contributed by atoms with Crippen LogP contribution in [0, 0.1) is 6.92 Å². The average Bonchev–Trinajstić information content (AvgIpc) is 3.67. The molecule has 206 valence electrons. The summed E-state index contributed by atoms with van der Waals surface area (Å²) in [6.45, 7) is 3.29. The number of benzene rings is 2. The Balaban J connectivity index is 1.50. The first-order chi connectivity index (χ1) is 20.1. The predicted molar refractivity (Wildman–Crippen MR) is 153 cm³/mol. The smallest absolute Gasteiger partial charge is 0.253 e. The summed E-state index contributed by atoms with van der Waals surface area (Å²) < 4.78 is 12.8. The number of pyridine rings is 2. The van der Waals surface area contributed by atoms with Crippen LogP contribution < -0.4 is 10.3 Å². The van der Waals surface area contributed by atoms with Crippen molar-refractivity contribution in [2.24, 2.45) is 0 Å². The van der Waals surface area contributed by atoms with Gasteiger partial charge in [0.2, 0.25) is 0 Å². The molecule has 0 spiro atoms. The Hall–Kier alpha value is -5.09. The molecule has 6 aromatic rings. The normalized spacial score (nSPS) is 12.2. The minimum atomic E-state index is -0.608. The molecule has 0 fully saturated rings.